The van der Waals surface area contributed by atoms with Crippen LogP contribution in [0.4, 0.5) is 0 Å². The molecular formula is C25H23N5O3. The van der Waals surface area contributed by atoms with Crippen molar-refractivity contribution in [2.45, 2.75) is 12.8 Å². The van der Waals surface area contributed by atoms with Gasteiger partial charge in [-0.15, -0.1) is 5.10 Å². The fraction of sp³-hybridized carbons (Fsp3) is 0.120. The van der Waals surface area contributed by atoms with Crippen LogP contribution in [0.5, 0.6) is 5.75 Å². The molecule has 8 heteroatoms. The van der Waals surface area contributed by atoms with Crippen molar-refractivity contribution in [2.24, 2.45) is 0 Å². The SMILES string of the molecule is COc1ccc(CCC(=O)NNC(=O)c2nc(-c3ccccc3)n(-c3ccccc3)n2)cc1. The van der Waals surface area contributed by atoms with E-state index in [2.05, 4.69) is 20.9 Å². The zero-order valence-electron chi connectivity index (χ0n) is 18.1. The average molecular weight is 441 g/mol. The average Bonchev–Trinajstić information content (AvgIpc) is 3.33. The number of aryl methyl sites for hydroxylation is 1. The van der Waals surface area contributed by atoms with Crippen molar-refractivity contribution >= 4 is 11.8 Å². The Kier molecular flexibility index (Phi) is 6.75. The summed E-state index contributed by atoms with van der Waals surface area (Å²) in [6.07, 6.45) is 0.749. The van der Waals surface area contributed by atoms with Gasteiger partial charge in [0.15, 0.2) is 5.82 Å². The largest absolute Gasteiger partial charge is 0.497 e. The van der Waals surface area contributed by atoms with E-state index in [0.29, 0.717) is 12.2 Å². The van der Waals surface area contributed by atoms with Crippen molar-refractivity contribution in [1.82, 2.24) is 25.6 Å². The van der Waals surface area contributed by atoms with Crippen molar-refractivity contribution in [3.63, 3.8) is 0 Å². The summed E-state index contributed by atoms with van der Waals surface area (Å²) in [6, 6.07) is 26.4. The van der Waals surface area contributed by atoms with E-state index in [1.54, 1.807) is 11.8 Å². The molecule has 0 unspecified atom stereocenters. The number of nitrogens with zero attached hydrogens (tertiary/aromatic N) is 3. The quantitative estimate of drug-likeness (QED) is 0.429. The number of benzene rings is 3. The van der Waals surface area contributed by atoms with E-state index in [1.807, 2.05) is 84.9 Å². The van der Waals surface area contributed by atoms with Gasteiger partial charge < -0.3 is 4.74 Å². The van der Waals surface area contributed by atoms with Gasteiger partial charge in [0.25, 0.3) is 0 Å². The molecule has 0 atom stereocenters. The lowest BCUT2D eigenvalue weighted by molar-refractivity contribution is -0.121. The Morgan fingerprint density at radius 1 is 0.879 bits per heavy atom. The highest BCUT2D eigenvalue weighted by atomic mass is 16.5. The van der Waals surface area contributed by atoms with Crippen LogP contribution in [0.1, 0.15) is 22.6 Å². The third-order valence-electron chi connectivity index (χ3n) is 4.96. The van der Waals surface area contributed by atoms with Gasteiger partial charge in [0, 0.05) is 12.0 Å². The molecule has 0 aliphatic rings. The first-order chi connectivity index (χ1) is 16.1. The molecule has 0 aliphatic heterocycles. The maximum Gasteiger partial charge on any atom is 0.309 e. The third-order valence-corrected chi connectivity index (χ3v) is 4.96. The van der Waals surface area contributed by atoms with E-state index in [0.717, 1.165) is 22.6 Å². The van der Waals surface area contributed by atoms with Gasteiger partial charge in [0.05, 0.1) is 12.8 Å². The molecule has 0 saturated carbocycles. The molecule has 0 spiro atoms. The second-order valence-corrected chi connectivity index (χ2v) is 7.22. The van der Waals surface area contributed by atoms with Gasteiger partial charge in [-0.1, -0.05) is 60.7 Å². The molecule has 2 N–H and O–H groups in total. The summed E-state index contributed by atoms with van der Waals surface area (Å²) in [5, 5.41) is 4.37. The molecule has 0 bridgehead atoms. The molecule has 166 valence electrons. The maximum absolute atomic E-state index is 12.6. The van der Waals surface area contributed by atoms with Crippen LogP contribution in [-0.4, -0.2) is 33.7 Å². The lowest BCUT2D eigenvalue weighted by atomic mass is 10.1. The van der Waals surface area contributed by atoms with Crippen LogP contribution in [0.25, 0.3) is 17.1 Å². The molecule has 0 fully saturated rings. The van der Waals surface area contributed by atoms with Gasteiger partial charge in [0.2, 0.25) is 11.7 Å². The molecule has 0 aliphatic carbocycles. The van der Waals surface area contributed by atoms with Gasteiger partial charge in [-0.05, 0) is 36.2 Å². The predicted octanol–water partition coefficient (Wildman–Crippen LogP) is 3.34. The van der Waals surface area contributed by atoms with Gasteiger partial charge in [-0.3, -0.25) is 20.4 Å². The van der Waals surface area contributed by atoms with Crippen LogP contribution in [0, 0.1) is 0 Å². The highest BCUT2D eigenvalue weighted by molar-refractivity contribution is 5.92. The van der Waals surface area contributed by atoms with Crippen molar-refractivity contribution in [3.05, 3.63) is 96.3 Å². The summed E-state index contributed by atoms with van der Waals surface area (Å²) in [5.74, 6) is 0.323. The number of hydrazine groups is 1. The molecule has 0 saturated heterocycles. The van der Waals surface area contributed by atoms with E-state index >= 15 is 0 Å². The Bertz CT molecular complexity index is 1170. The van der Waals surface area contributed by atoms with Crippen LogP contribution in [0.3, 0.4) is 0 Å². The summed E-state index contributed by atoms with van der Waals surface area (Å²) >= 11 is 0. The van der Waals surface area contributed by atoms with E-state index in [1.165, 1.54) is 0 Å². The monoisotopic (exact) mass is 441 g/mol. The number of carbonyl (C=O) groups is 2. The van der Waals surface area contributed by atoms with Gasteiger partial charge in [0.1, 0.15) is 5.75 Å². The zero-order chi connectivity index (χ0) is 23.0. The number of aromatic nitrogens is 3. The number of nitrogens with one attached hydrogen (secondary N) is 2. The number of methoxy groups -OCH3 is 1. The number of hydrogen-bond acceptors (Lipinski definition) is 5. The Labute approximate surface area is 191 Å². The lowest BCUT2D eigenvalue weighted by Gasteiger charge is -2.06. The van der Waals surface area contributed by atoms with Crippen LogP contribution < -0.4 is 15.6 Å². The third kappa shape index (κ3) is 5.43. The Balaban J connectivity index is 1.42. The number of hydrogen-bond donors (Lipinski definition) is 2. The highest BCUT2D eigenvalue weighted by Crippen LogP contribution is 2.21. The molecular weight excluding hydrogens is 418 g/mol. The fourth-order valence-electron chi connectivity index (χ4n) is 3.23. The minimum atomic E-state index is -0.598. The summed E-state index contributed by atoms with van der Waals surface area (Å²) < 4.78 is 6.73. The number of amides is 2. The fourth-order valence-corrected chi connectivity index (χ4v) is 3.23. The summed E-state index contributed by atoms with van der Waals surface area (Å²) in [6.45, 7) is 0. The van der Waals surface area contributed by atoms with Gasteiger partial charge >= 0.3 is 5.91 Å². The molecule has 33 heavy (non-hydrogen) atoms. The van der Waals surface area contributed by atoms with E-state index in [9.17, 15) is 9.59 Å². The number of ether oxygens (including phenoxy) is 1. The summed E-state index contributed by atoms with van der Waals surface area (Å²) in [5.41, 5.74) is 7.41. The topological polar surface area (TPSA) is 98.1 Å². The number of para-hydroxylation sites is 1. The van der Waals surface area contributed by atoms with Crippen molar-refractivity contribution in [2.75, 3.05) is 7.11 Å². The molecule has 2 amide bonds. The second kappa shape index (κ2) is 10.2. The van der Waals surface area contributed by atoms with Crippen LogP contribution in [0.15, 0.2) is 84.9 Å². The van der Waals surface area contributed by atoms with E-state index in [4.69, 9.17) is 4.74 Å². The van der Waals surface area contributed by atoms with Crippen molar-refractivity contribution in [1.29, 1.82) is 0 Å². The van der Waals surface area contributed by atoms with E-state index < -0.39 is 5.91 Å². The molecule has 4 aromatic rings. The molecule has 0 radical (unpaired) electrons. The van der Waals surface area contributed by atoms with Crippen molar-refractivity contribution in [3.8, 4) is 22.8 Å². The van der Waals surface area contributed by atoms with E-state index in [-0.39, 0.29) is 18.2 Å². The summed E-state index contributed by atoms with van der Waals surface area (Å²) in [7, 11) is 1.60. The lowest BCUT2D eigenvalue weighted by Crippen LogP contribution is -2.42. The first kappa shape index (κ1) is 21.8. The van der Waals surface area contributed by atoms with Gasteiger partial charge in [-0.25, -0.2) is 9.67 Å². The van der Waals surface area contributed by atoms with Crippen LogP contribution in [0.2, 0.25) is 0 Å². The molecule has 8 nitrogen and oxygen atoms in total. The maximum atomic E-state index is 12.6. The van der Waals surface area contributed by atoms with Crippen LogP contribution in [-0.2, 0) is 11.2 Å². The standard InChI is InChI=1S/C25H23N5O3/c1-33-21-15-12-18(13-16-21)14-17-22(31)27-28-25(32)23-26-24(19-8-4-2-5-9-19)30(29-23)20-10-6-3-7-11-20/h2-13,15-16H,14,17H2,1H3,(H,27,31)(H,28,32). The minimum absolute atomic E-state index is 0.0480. The summed E-state index contributed by atoms with van der Waals surface area (Å²) in [4.78, 5) is 29.3. The molecule has 3 aromatic carbocycles. The molecule has 4 rings (SSSR count). The van der Waals surface area contributed by atoms with Gasteiger partial charge in [-0.2, -0.15) is 0 Å². The first-order valence-corrected chi connectivity index (χ1v) is 10.4. The predicted molar refractivity (Wildman–Crippen MR) is 124 cm³/mol. The number of carbonyl (C=O) groups excluding carboxylic acids is 2. The second-order valence-electron chi connectivity index (χ2n) is 7.22. The molecule has 1 aromatic heterocycles. The Morgan fingerprint density at radius 3 is 2.21 bits per heavy atom. The van der Waals surface area contributed by atoms with Crippen LogP contribution >= 0.6 is 0 Å². The Hall–Kier alpha value is -4.46. The minimum Gasteiger partial charge on any atom is -0.497 e. The van der Waals surface area contributed by atoms with Crippen molar-refractivity contribution < 1.29 is 14.3 Å². The zero-order valence-corrected chi connectivity index (χ0v) is 18.1. The smallest absolute Gasteiger partial charge is 0.309 e. The number of rotatable bonds is 7. The highest BCUT2D eigenvalue weighted by Gasteiger charge is 2.19. The normalized spacial score (nSPS) is 10.5. The molecule has 1 heterocycles. The Morgan fingerprint density at radius 2 is 1.55 bits per heavy atom. The first-order valence-electron chi connectivity index (χ1n) is 10.4.